The third kappa shape index (κ3) is 5.80. The van der Waals surface area contributed by atoms with Gasteiger partial charge in [-0.15, -0.1) is 0 Å². The average molecular weight is 446 g/mol. The number of hydrogen-bond acceptors (Lipinski definition) is 3. The highest BCUT2D eigenvalue weighted by Gasteiger charge is 2.35. The van der Waals surface area contributed by atoms with Gasteiger partial charge in [0.1, 0.15) is 6.54 Å². The molecule has 2 N–H and O–H groups in total. The second-order valence-electron chi connectivity index (χ2n) is 9.61. The van der Waals surface area contributed by atoms with E-state index in [1.807, 2.05) is 93.1 Å². The lowest BCUT2D eigenvalue weighted by molar-refractivity contribution is -0.117. The molecule has 0 aliphatic heterocycles. The quantitative estimate of drug-likeness (QED) is 0.574. The summed E-state index contributed by atoms with van der Waals surface area (Å²) in [4.78, 5) is 32.1. The van der Waals surface area contributed by atoms with E-state index in [2.05, 4.69) is 10.6 Å². The maximum Gasteiger partial charge on any atom is 0.318 e. The molecular formula is C26H31N5O2. The van der Waals surface area contributed by atoms with Gasteiger partial charge in [-0.2, -0.15) is 0 Å². The maximum atomic E-state index is 13.0. The summed E-state index contributed by atoms with van der Waals surface area (Å²) in [5.41, 5.74) is 3.40. The highest BCUT2D eigenvalue weighted by atomic mass is 16.2. The predicted molar refractivity (Wildman–Crippen MR) is 130 cm³/mol. The largest absolute Gasteiger partial charge is 0.333 e. The van der Waals surface area contributed by atoms with E-state index in [4.69, 9.17) is 4.98 Å². The van der Waals surface area contributed by atoms with Gasteiger partial charge in [0.2, 0.25) is 11.9 Å². The summed E-state index contributed by atoms with van der Waals surface area (Å²) in [5.74, 6) is 0.152. The Hall–Kier alpha value is -3.61. The van der Waals surface area contributed by atoms with E-state index in [0.29, 0.717) is 5.95 Å². The molecule has 1 saturated carbocycles. The molecule has 0 atom stereocenters. The molecule has 0 saturated heterocycles. The van der Waals surface area contributed by atoms with E-state index in [1.165, 1.54) is 0 Å². The summed E-state index contributed by atoms with van der Waals surface area (Å²) in [7, 11) is 0. The van der Waals surface area contributed by atoms with E-state index in [0.717, 1.165) is 35.3 Å². The summed E-state index contributed by atoms with van der Waals surface area (Å²) in [6.45, 7) is 7.80. The van der Waals surface area contributed by atoms with E-state index in [1.54, 1.807) is 4.90 Å². The highest BCUT2D eigenvalue weighted by Crippen LogP contribution is 2.28. The van der Waals surface area contributed by atoms with Crippen LogP contribution in [0.2, 0.25) is 0 Å². The Kier molecular flexibility index (Phi) is 6.22. The molecule has 1 fully saturated rings. The van der Waals surface area contributed by atoms with Crippen molar-refractivity contribution in [3.63, 3.8) is 0 Å². The Morgan fingerprint density at radius 2 is 1.73 bits per heavy atom. The van der Waals surface area contributed by atoms with Crippen LogP contribution in [0.3, 0.4) is 0 Å². The molecule has 3 amide bonds. The summed E-state index contributed by atoms with van der Waals surface area (Å²) in [6, 6.07) is 17.8. The van der Waals surface area contributed by atoms with Crippen molar-refractivity contribution in [3.05, 3.63) is 66.4 Å². The molecule has 2 aromatic carbocycles. The summed E-state index contributed by atoms with van der Waals surface area (Å²) in [6.07, 6.45) is 3.75. The van der Waals surface area contributed by atoms with Crippen LogP contribution in [0.5, 0.6) is 0 Å². The number of hydrogen-bond donors (Lipinski definition) is 2. The fourth-order valence-electron chi connectivity index (χ4n) is 3.58. The number of benzene rings is 2. The van der Waals surface area contributed by atoms with Crippen molar-refractivity contribution >= 4 is 17.9 Å². The van der Waals surface area contributed by atoms with Crippen LogP contribution < -0.4 is 10.6 Å². The van der Waals surface area contributed by atoms with Crippen molar-refractivity contribution in [3.8, 4) is 16.9 Å². The Labute approximate surface area is 194 Å². The van der Waals surface area contributed by atoms with Crippen LogP contribution in [-0.4, -0.2) is 44.5 Å². The van der Waals surface area contributed by atoms with E-state index >= 15 is 0 Å². The lowest BCUT2D eigenvalue weighted by Crippen LogP contribution is -2.51. The molecular weight excluding hydrogens is 414 g/mol. The maximum absolute atomic E-state index is 13.0. The van der Waals surface area contributed by atoms with E-state index < -0.39 is 0 Å². The van der Waals surface area contributed by atoms with Crippen LogP contribution in [0.25, 0.3) is 16.9 Å². The SMILES string of the molecule is Cc1ccc(-n2cc(-c3ccccc3)nc2NC(=O)CN(C(=O)NC(C)(C)C)C2CC2)cc1. The van der Waals surface area contributed by atoms with Crippen molar-refractivity contribution in [1.29, 1.82) is 0 Å². The zero-order valence-corrected chi connectivity index (χ0v) is 19.6. The number of anilines is 1. The van der Waals surface area contributed by atoms with Gasteiger partial charge in [-0.3, -0.25) is 14.7 Å². The van der Waals surface area contributed by atoms with Crippen LogP contribution in [-0.2, 0) is 4.79 Å². The monoisotopic (exact) mass is 445 g/mol. The van der Waals surface area contributed by atoms with E-state index in [9.17, 15) is 9.59 Å². The minimum absolute atomic E-state index is 0.0198. The minimum Gasteiger partial charge on any atom is -0.333 e. The molecule has 7 nitrogen and oxygen atoms in total. The summed E-state index contributed by atoms with van der Waals surface area (Å²) in [5, 5.41) is 5.90. The lowest BCUT2D eigenvalue weighted by Gasteiger charge is -2.28. The number of urea groups is 1. The molecule has 0 radical (unpaired) electrons. The molecule has 1 aliphatic rings. The van der Waals surface area contributed by atoms with Gasteiger partial charge in [0.05, 0.1) is 5.69 Å². The van der Waals surface area contributed by atoms with Gasteiger partial charge >= 0.3 is 6.03 Å². The molecule has 172 valence electrons. The van der Waals surface area contributed by atoms with Gasteiger partial charge in [-0.05, 0) is 52.7 Å². The van der Waals surface area contributed by atoms with Crippen LogP contribution in [0, 0.1) is 6.92 Å². The molecule has 33 heavy (non-hydrogen) atoms. The van der Waals surface area contributed by atoms with Gasteiger partial charge < -0.3 is 10.2 Å². The van der Waals surface area contributed by atoms with Gasteiger partial charge in [-0.25, -0.2) is 9.78 Å². The molecule has 1 heterocycles. The zero-order chi connectivity index (χ0) is 23.6. The smallest absolute Gasteiger partial charge is 0.318 e. The van der Waals surface area contributed by atoms with Crippen molar-refractivity contribution in [2.24, 2.45) is 0 Å². The average Bonchev–Trinajstić information content (AvgIpc) is 3.52. The third-order valence-electron chi connectivity index (χ3n) is 5.38. The first-order valence-corrected chi connectivity index (χ1v) is 11.3. The molecule has 1 aromatic heterocycles. The zero-order valence-electron chi connectivity index (χ0n) is 19.6. The van der Waals surface area contributed by atoms with Crippen LogP contribution in [0.1, 0.15) is 39.2 Å². The first kappa shape index (κ1) is 22.6. The Balaban J connectivity index is 1.58. The van der Waals surface area contributed by atoms with Gasteiger partial charge in [0.15, 0.2) is 0 Å². The number of amides is 3. The molecule has 3 aromatic rings. The number of nitrogens with one attached hydrogen (secondary N) is 2. The fraction of sp³-hybridized carbons (Fsp3) is 0.346. The number of carbonyl (C=O) groups excluding carboxylic acids is 2. The molecule has 1 aliphatic carbocycles. The molecule has 0 spiro atoms. The number of nitrogens with zero attached hydrogens (tertiary/aromatic N) is 3. The van der Waals surface area contributed by atoms with Crippen molar-refractivity contribution in [2.75, 3.05) is 11.9 Å². The fourth-order valence-corrected chi connectivity index (χ4v) is 3.58. The normalized spacial score (nSPS) is 13.5. The number of rotatable bonds is 6. The summed E-state index contributed by atoms with van der Waals surface area (Å²) >= 11 is 0. The Morgan fingerprint density at radius 1 is 1.06 bits per heavy atom. The standard InChI is InChI=1S/C26H31N5O2/c1-18-10-12-20(13-11-18)30-16-22(19-8-6-5-7-9-19)27-24(30)28-23(32)17-31(21-14-15-21)25(33)29-26(2,3)4/h5-13,16,21H,14-15,17H2,1-4H3,(H,29,33)(H,27,28,32). The first-order chi connectivity index (χ1) is 15.7. The number of imidazole rings is 1. The van der Waals surface area contributed by atoms with Crippen molar-refractivity contribution in [2.45, 2.75) is 52.1 Å². The lowest BCUT2D eigenvalue weighted by atomic mass is 10.1. The predicted octanol–water partition coefficient (Wildman–Crippen LogP) is 4.76. The summed E-state index contributed by atoms with van der Waals surface area (Å²) < 4.78 is 1.87. The van der Waals surface area contributed by atoms with Gasteiger partial charge in [0, 0.05) is 29.0 Å². The first-order valence-electron chi connectivity index (χ1n) is 11.3. The van der Waals surface area contributed by atoms with Crippen LogP contribution in [0.15, 0.2) is 60.8 Å². The number of aryl methyl sites for hydroxylation is 1. The van der Waals surface area contributed by atoms with Gasteiger partial charge in [-0.1, -0.05) is 48.0 Å². The minimum atomic E-state index is -0.368. The Bertz CT molecular complexity index is 1130. The van der Waals surface area contributed by atoms with Crippen molar-refractivity contribution in [1.82, 2.24) is 19.8 Å². The Morgan fingerprint density at radius 3 is 2.33 bits per heavy atom. The highest BCUT2D eigenvalue weighted by molar-refractivity contribution is 5.94. The number of aromatic nitrogens is 2. The molecule has 7 heteroatoms. The molecule has 0 bridgehead atoms. The third-order valence-corrected chi connectivity index (χ3v) is 5.38. The second-order valence-corrected chi connectivity index (χ2v) is 9.61. The van der Waals surface area contributed by atoms with Crippen LogP contribution in [0.4, 0.5) is 10.7 Å². The molecule has 4 rings (SSSR count). The van der Waals surface area contributed by atoms with Gasteiger partial charge in [0.25, 0.3) is 0 Å². The number of carbonyl (C=O) groups is 2. The molecule has 0 unspecified atom stereocenters. The topological polar surface area (TPSA) is 79.3 Å². The second kappa shape index (κ2) is 9.10. The van der Waals surface area contributed by atoms with Crippen molar-refractivity contribution < 1.29 is 9.59 Å². The van der Waals surface area contributed by atoms with Crippen LogP contribution >= 0.6 is 0 Å². The van der Waals surface area contributed by atoms with E-state index in [-0.39, 0.29) is 30.1 Å².